The topological polar surface area (TPSA) is 164 Å². The zero-order valence-corrected chi connectivity index (χ0v) is 34.7. The van der Waals surface area contributed by atoms with Gasteiger partial charge in [-0.3, -0.25) is 14.7 Å². The van der Waals surface area contributed by atoms with Crippen LogP contribution in [0, 0.1) is 11.3 Å². The number of carbonyl (C=O) groups excluding carboxylic acids is 1. The van der Waals surface area contributed by atoms with E-state index in [1.165, 1.54) is 7.11 Å². The van der Waals surface area contributed by atoms with E-state index in [-0.39, 0.29) is 43.5 Å². The third kappa shape index (κ3) is 9.08. The number of rotatable bonds is 20. The molecule has 0 saturated carbocycles. The summed E-state index contributed by atoms with van der Waals surface area (Å²) in [5.41, 5.74) is 2.30. The lowest BCUT2D eigenvalue weighted by Crippen LogP contribution is -2.39. The molecule has 1 saturated heterocycles. The molecule has 4 atom stereocenters. The highest BCUT2D eigenvalue weighted by Crippen LogP contribution is 2.51. The Hall–Kier alpha value is -5.20. The van der Waals surface area contributed by atoms with E-state index in [9.17, 15) is 10.1 Å². The number of nitriles is 1. The average molecular weight is 812 g/mol. The predicted octanol–water partition coefficient (Wildman–Crippen LogP) is 7.38. The van der Waals surface area contributed by atoms with Gasteiger partial charge in [-0.25, -0.2) is 9.65 Å². The first-order valence-electron chi connectivity index (χ1n) is 19.0. The Morgan fingerprint density at radius 3 is 2.10 bits per heavy atom. The Balaban J connectivity index is 1.45. The SMILES string of the molecule is COc1ccc(C(OC[C@H]2O[C@@H](n3cnc4nc(NC=O)nc(OC)c43)C[C@@H]2OP(OCCC#N)N(C(C)C)C(C)C)(c2ccccc2)c2ccc(OC)cc2)cc1. The van der Waals surface area contributed by atoms with E-state index in [2.05, 4.69) is 58.7 Å². The van der Waals surface area contributed by atoms with Crippen molar-refractivity contribution in [3.63, 3.8) is 0 Å². The smallest absolute Gasteiger partial charge is 0.259 e. The van der Waals surface area contributed by atoms with E-state index < -0.39 is 32.6 Å². The molecule has 1 unspecified atom stereocenters. The van der Waals surface area contributed by atoms with Gasteiger partial charge in [-0.05, 0) is 68.7 Å². The van der Waals surface area contributed by atoms with Gasteiger partial charge in [-0.15, -0.1) is 0 Å². The molecule has 5 aromatic rings. The number of fused-ring (bicyclic) bond motifs is 1. The number of anilines is 1. The highest BCUT2D eigenvalue weighted by Gasteiger charge is 2.45. The highest BCUT2D eigenvalue weighted by molar-refractivity contribution is 7.44. The molecule has 1 N–H and O–H groups in total. The molecule has 0 radical (unpaired) electrons. The molecule has 2 aromatic heterocycles. The molecule has 1 amide bonds. The zero-order valence-electron chi connectivity index (χ0n) is 33.8. The number of carbonyl (C=O) groups is 1. The minimum atomic E-state index is -1.66. The van der Waals surface area contributed by atoms with Crippen molar-refractivity contribution in [3.05, 3.63) is 102 Å². The van der Waals surface area contributed by atoms with Crippen LogP contribution in [0.5, 0.6) is 17.4 Å². The number of hydrogen-bond donors (Lipinski definition) is 1. The Morgan fingerprint density at radius 1 is 0.931 bits per heavy atom. The Kier molecular flexibility index (Phi) is 14.3. The maximum absolute atomic E-state index is 11.2. The fourth-order valence-corrected chi connectivity index (χ4v) is 8.97. The molecule has 1 fully saturated rings. The lowest BCUT2D eigenvalue weighted by Gasteiger charge is -2.39. The molecule has 58 heavy (non-hydrogen) atoms. The molecule has 0 spiro atoms. The normalized spacial score (nSPS) is 17.4. The van der Waals surface area contributed by atoms with Gasteiger partial charge in [0, 0.05) is 18.5 Å². The lowest BCUT2D eigenvalue weighted by molar-refractivity contribution is -0.105. The third-order valence-corrected chi connectivity index (χ3v) is 11.9. The maximum atomic E-state index is 11.2. The molecule has 16 heteroatoms. The highest BCUT2D eigenvalue weighted by atomic mass is 31.2. The average Bonchev–Trinajstić information content (AvgIpc) is 3.85. The summed E-state index contributed by atoms with van der Waals surface area (Å²) < 4.78 is 48.4. The van der Waals surface area contributed by atoms with E-state index in [1.54, 1.807) is 20.5 Å². The largest absolute Gasteiger partial charge is 0.497 e. The molecule has 3 heterocycles. The summed E-state index contributed by atoms with van der Waals surface area (Å²) in [5.74, 6) is 1.69. The maximum Gasteiger partial charge on any atom is 0.259 e. The van der Waals surface area contributed by atoms with Gasteiger partial charge in [0.25, 0.3) is 8.53 Å². The van der Waals surface area contributed by atoms with Gasteiger partial charge in [0.2, 0.25) is 18.2 Å². The fourth-order valence-electron chi connectivity index (χ4n) is 7.22. The van der Waals surface area contributed by atoms with Gasteiger partial charge in [-0.1, -0.05) is 54.6 Å². The number of imidazole rings is 1. The summed E-state index contributed by atoms with van der Waals surface area (Å²) >= 11 is 0. The Bertz CT molecular complexity index is 2070. The predicted molar refractivity (Wildman–Crippen MR) is 218 cm³/mol. The number of amides is 1. The standard InChI is InChI=1S/C42H50N7O8P/c1-28(2)49(29(3)4)58(55-23-11-22-43)57-35-24-37(48-26-44-39-38(48)40(53-7)47-41(46-39)45-27-50)56-36(35)25-54-42(30-12-9-8-10-13-30,31-14-18-33(51-5)19-15-31)32-16-20-34(52-6)21-17-32/h8-10,12-21,26-29,35-37H,11,23-25H2,1-7H3,(H,45,46,47,50)/t35-,36+,37+,58?/m0/s1. The minimum Gasteiger partial charge on any atom is -0.497 e. The molecule has 15 nitrogen and oxygen atoms in total. The molecular formula is C42H50N7O8P. The summed E-state index contributed by atoms with van der Waals surface area (Å²) in [4.78, 5) is 24.5. The van der Waals surface area contributed by atoms with E-state index in [0.29, 0.717) is 35.5 Å². The molecule has 1 aliphatic rings. The van der Waals surface area contributed by atoms with E-state index in [4.69, 9.17) is 32.7 Å². The molecule has 3 aromatic carbocycles. The molecular weight excluding hydrogens is 761 g/mol. The summed E-state index contributed by atoms with van der Waals surface area (Å²) in [7, 11) is 3.10. The van der Waals surface area contributed by atoms with Crippen molar-refractivity contribution in [2.75, 3.05) is 39.9 Å². The third-order valence-electron chi connectivity index (χ3n) is 9.79. The van der Waals surface area contributed by atoms with Crippen LogP contribution in [0.1, 0.15) is 63.5 Å². The van der Waals surface area contributed by atoms with Crippen molar-refractivity contribution in [1.82, 2.24) is 24.2 Å². The molecule has 6 rings (SSSR count). The minimum absolute atomic E-state index is 0.0568. The van der Waals surface area contributed by atoms with Crippen LogP contribution in [0.3, 0.4) is 0 Å². The van der Waals surface area contributed by atoms with Crippen LogP contribution in [-0.4, -0.2) is 89.4 Å². The number of nitrogens with one attached hydrogen (secondary N) is 1. The van der Waals surface area contributed by atoms with Gasteiger partial charge in [0.1, 0.15) is 29.4 Å². The molecule has 1 aliphatic heterocycles. The van der Waals surface area contributed by atoms with Crippen molar-refractivity contribution in [3.8, 4) is 23.4 Å². The second-order valence-corrected chi connectivity index (χ2v) is 15.4. The van der Waals surface area contributed by atoms with Crippen LogP contribution in [0.2, 0.25) is 0 Å². The van der Waals surface area contributed by atoms with E-state index in [1.807, 2.05) is 83.4 Å². The number of methoxy groups -OCH3 is 3. The Morgan fingerprint density at radius 2 is 1.55 bits per heavy atom. The molecule has 306 valence electrons. The van der Waals surface area contributed by atoms with Crippen LogP contribution in [0.25, 0.3) is 11.2 Å². The van der Waals surface area contributed by atoms with Crippen LogP contribution >= 0.6 is 8.53 Å². The summed E-state index contributed by atoms with van der Waals surface area (Å²) in [6, 6.07) is 28.1. The van der Waals surface area contributed by atoms with Gasteiger partial charge in [-0.2, -0.15) is 15.2 Å². The number of ether oxygens (including phenoxy) is 5. The quantitative estimate of drug-likeness (QED) is 0.0359. The number of benzene rings is 3. The fraction of sp³-hybridized carbons (Fsp3) is 0.405. The second kappa shape index (κ2) is 19.5. The zero-order chi connectivity index (χ0) is 41.2. The first-order chi connectivity index (χ1) is 28.2. The monoisotopic (exact) mass is 811 g/mol. The van der Waals surface area contributed by atoms with Crippen LogP contribution in [0.4, 0.5) is 5.95 Å². The molecule has 0 bridgehead atoms. The first-order valence-corrected chi connectivity index (χ1v) is 20.2. The van der Waals surface area contributed by atoms with Gasteiger partial charge in [0.05, 0.1) is 59.5 Å². The van der Waals surface area contributed by atoms with Gasteiger partial charge < -0.3 is 32.7 Å². The summed E-state index contributed by atoms with van der Waals surface area (Å²) in [6.07, 6.45) is 0.863. The second-order valence-electron chi connectivity index (χ2n) is 14.0. The van der Waals surface area contributed by atoms with Crippen molar-refractivity contribution in [1.29, 1.82) is 5.26 Å². The number of hydrogen-bond acceptors (Lipinski definition) is 13. The van der Waals surface area contributed by atoms with Crippen molar-refractivity contribution >= 4 is 32.0 Å². The molecule has 0 aliphatic carbocycles. The van der Waals surface area contributed by atoms with Crippen LogP contribution < -0.4 is 19.5 Å². The van der Waals surface area contributed by atoms with Crippen molar-refractivity contribution < 1.29 is 37.5 Å². The lowest BCUT2D eigenvalue weighted by atomic mass is 9.80. The summed E-state index contributed by atoms with van der Waals surface area (Å²) in [6.45, 7) is 8.66. The number of aromatic nitrogens is 4. The number of nitrogens with zero attached hydrogens (tertiary/aromatic N) is 6. The van der Waals surface area contributed by atoms with E-state index in [0.717, 1.165) is 16.7 Å². The van der Waals surface area contributed by atoms with Crippen molar-refractivity contribution in [2.45, 2.75) is 76.7 Å². The van der Waals surface area contributed by atoms with Crippen LogP contribution in [0.15, 0.2) is 85.2 Å². The van der Waals surface area contributed by atoms with E-state index >= 15 is 0 Å². The summed E-state index contributed by atoms with van der Waals surface area (Å²) in [5, 5.41) is 11.9. The van der Waals surface area contributed by atoms with Gasteiger partial charge in [0.15, 0.2) is 11.2 Å². The van der Waals surface area contributed by atoms with Crippen LogP contribution in [-0.2, 0) is 28.9 Å². The van der Waals surface area contributed by atoms with Gasteiger partial charge >= 0.3 is 0 Å². The van der Waals surface area contributed by atoms with Crippen molar-refractivity contribution in [2.24, 2.45) is 0 Å². The Labute approximate surface area is 340 Å². The first kappa shape index (κ1) is 42.4.